The van der Waals surface area contributed by atoms with E-state index in [9.17, 15) is 9.18 Å². The molecule has 2 aliphatic heterocycles. The lowest BCUT2D eigenvalue weighted by Gasteiger charge is -2.28. The summed E-state index contributed by atoms with van der Waals surface area (Å²) in [6.45, 7) is 6.61. The summed E-state index contributed by atoms with van der Waals surface area (Å²) in [5, 5.41) is 7.88. The highest BCUT2D eigenvalue weighted by atomic mass is 19.1. The van der Waals surface area contributed by atoms with Crippen molar-refractivity contribution in [3.8, 4) is 0 Å². The molecule has 1 aromatic carbocycles. The maximum absolute atomic E-state index is 13.8. The monoisotopic (exact) mass is 370 g/mol. The van der Waals surface area contributed by atoms with Crippen LogP contribution in [0.4, 0.5) is 4.39 Å². The number of aromatic nitrogens is 2. The maximum atomic E-state index is 13.8. The molecule has 2 aromatic rings. The zero-order valence-electron chi connectivity index (χ0n) is 16.2. The molecule has 0 saturated carbocycles. The third kappa shape index (κ3) is 3.27. The first kappa shape index (κ1) is 18.2. The number of aryl methyl sites for hydroxylation is 2. The van der Waals surface area contributed by atoms with Crippen LogP contribution in [0.3, 0.4) is 0 Å². The average molecular weight is 370 g/mol. The van der Waals surface area contributed by atoms with Gasteiger partial charge in [0.1, 0.15) is 5.82 Å². The van der Waals surface area contributed by atoms with Crippen molar-refractivity contribution in [3.05, 3.63) is 52.6 Å². The summed E-state index contributed by atoms with van der Waals surface area (Å²) < 4.78 is 15.7. The molecule has 1 aromatic heterocycles. The number of nitrogens with one attached hydrogen (secondary N) is 1. The maximum Gasteiger partial charge on any atom is 0.223 e. The fraction of sp³-hybridized carbons (Fsp3) is 0.524. The molecule has 0 aliphatic carbocycles. The van der Waals surface area contributed by atoms with Gasteiger partial charge in [-0.25, -0.2) is 4.39 Å². The molecule has 0 radical (unpaired) electrons. The van der Waals surface area contributed by atoms with E-state index in [1.54, 1.807) is 12.1 Å². The Bertz CT molecular complexity index is 862. The first-order valence-corrected chi connectivity index (χ1v) is 9.70. The van der Waals surface area contributed by atoms with E-state index in [0.717, 1.165) is 42.1 Å². The average Bonchev–Trinajstić information content (AvgIpc) is 3.27. The van der Waals surface area contributed by atoms with Crippen LogP contribution in [0.5, 0.6) is 0 Å². The van der Waals surface area contributed by atoms with Crippen molar-refractivity contribution in [3.63, 3.8) is 0 Å². The third-order valence-corrected chi connectivity index (χ3v) is 6.32. The fourth-order valence-electron chi connectivity index (χ4n) is 4.85. The molecule has 2 aliphatic rings. The summed E-state index contributed by atoms with van der Waals surface area (Å²) in [6, 6.07) is 6.70. The van der Waals surface area contributed by atoms with Gasteiger partial charge in [-0.1, -0.05) is 12.1 Å². The normalized spacial score (nSPS) is 24.4. The number of hydrogen-bond acceptors (Lipinski definition) is 3. The van der Waals surface area contributed by atoms with Crippen LogP contribution in [-0.4, -0.2) is 40.2 Å². The Kier molecular flexibility index (Phi) is 4.76. The van der Waals surface area contributed by atoms with E-state index >= 15 is 0 Å². The van der Waals surface area contributed by atoms with Gasteiger partial charge in [0.15, 0.2) is 0 Å². The van der Waals surface area contributed by atoms with Crippen LogP contribution in [-0.2, 0) is 18.3 Å². The third-order valence-electron chi connectivity index (χ3n) is 6.32. The minimum absolute atomic E-state index is 0.0377. The molecule has 6 heteroatoms. The van der Waals surface area contributed by atoms with E-state index in [-0.39, 0.29) is 17.8 Å². The van der Waals surface area contributed by atoms with Crippen LogP contribution in [0.15, 0.2) is 24.3 Å². The van der Waals surface area contributed by atoms with Gasteiger partial charge < -0.3 is 10.2 Å². The van der Waals surface area contributed by atoms with Gasteiger partial charge in [0.25, 0.3) is 0 Å². The van der Waals surface area contributed by atoms with Crippen LogP contribution < -0.4 is 5.32 Å². The smallest absolute Gasteiger partial charge is 0.223 e. The first-order chi connectivity index (χ1) is 13.0. The predicted molar refractivity (Wildman–Crippen MR) is 102 cm³/mol. The SMILES string of the molecule is Cc1nn(C)c(C)c1CCC(=O)N1C[C@@H]2CNC[C@@H]2[C@H]1c1cccc(F)c1. The second-order valence-electron chi connectivity index (χ2n) is 7.90. The van der Waals surface area contributed by atoms with Gasteiger partial charge in [-0.15, -0.1) is 0 Å². The highest BCUT2D eigenvalue weighted by molar-refractivity contribution is 5.77. The Morgan fingerprint density at radius 3 is 2.85 bits per heavy atom. The molecule has 4 rings (SSSR count). The van der Waals surface area contributed by atoms with Crippen LogP contribution in [0, 0.1) is 31.5 Å². The van der Waals surface area contributed by atoms with Crippen LogP contribution in [0.25, 0.3) is 0 Å². The summed E-state index contributed by atoms with van der Waals surface area (Å²) in [6.07, 6.45) is 1.16. The molecule has 2 fully saturated rings. The van der Waals surface area contributed by atoms with Crippen LogP contribution >= 0.6 is 0 Å². The number of carbonyl (C=O) groups excluding carboxylic acids is 1. The van der Waals surface area contributed by atoms with Crippen LogP contribution in [0.1, 0.15) is 35.0 Å². The zero-order chi connectivity index (χ0) is 19.1. The minimum Gasteiger partial charge on any atom is -0.335 e. The van der Waals surface area contributed by atoms with Gasteiger partial charge in [0.05, 0.1) is 11.7 Å². The van der Waals surface area contributed by atoms with Gasteiger partial charge in [-0.05, 0) is 49.4 Å². The van der Waals surface area contributed by atoms with Crippen molar-refractivity contribution in [2.75, 3.05) is 19.6 Å². The quantitative estimate of drug-likeness (QED) is 0.900. The number of amides is 1. The van der Waals surface area contributed by atoms with Gasteiger partial charge in [-0.3, -0.25) is 9.48 Å². The zero-order valence-corrected chi connectivity index (χ0v) is 16.2. The molecule has 144 valence electrons. The van der Waals surface area contributed by atoms with Crippen molar-refractivity contribution < 1.29 is 9.18 Å². The predicted octanol–water partition coefficient (Wildman–Crippen LogP) is 2.53. The van der Waals surface area contributed by atoms with Crippen molar-refractivity contribution in [2.24, 2.45) is 18.9 Å². The highest BCUT2D eigenvalue weighted by Gasteiger charge is 2.46. The van der Waals surface area contributed by atoms with E-state index < -0.39 is 0 Å². The number of carbonyl (C=O) groups is 1. The van der Waals surface area contributed by atoms with E-state index in [4.69, 9.17) is 0 Å². The molecule has 3 heterocycles. The molecule has 1 N–H and O–H groups in total. The minimum atomic E-state index is -0.240. The molecule has 0 unspecified atom stereocenters. The number of likely N-dealkylation sites (tertiary alicyclic amines) is 1. The van der Waals surface area contributed by atoms with Gasteiger partial charge in [0, 0.05) is 44.7 Å². The first-order valence-electron chi connectivity index (χ1n) is 9.70. The van der Waals surface area contributed by atoms with Crippen molar-refractivity contribution in [1.29, 1.82) is 0 Å². The number of rotatable bonds is 4. The summed E-state index contributed by atoms with van der Waals surface area (Å²) >= 11 is 0. The summed E-state index contributed by atoms with van der Waals surface area (Å²) in [5.41, 5.74) is 4.18. The van der Waals surface area contributed by atoms with Crippen molar-refractivity contribution >= 4 is 5.91 Å². The summed E-state index contributed by atoms with van der Waals surface area (Å²) in [5.74, 6) is 0.721. The molecular formula is C21H27FN4O. The molecule has 2 saturated heterocycles. The summed E-state index contributed by atoms with van der Waals surface area (Å²) in [7, 11) is 1.93. The highest BCUT2D eigenvalue weighted by Crippen LogP contribution is 2.43. The molecule has 0 spiro atoms. The van der Waals surface area contributed by atoms with Gasteiger partial charge in [0.2, 0.25) is 5.91 Å². The van der Waals surface area contributed by atoms with E-state index in [0.29, 0.717) is 24.7 Å². The standard InChI is InChI=1S/C21H27FN4O/c1-13-18(14(2)25(3)24-13)7-8-20(27)26-12-16-10-23-11-19(16)21(26)15-5-4-6-17(22)9-15/h4-6,9,16,19,21,23H,7-8,10-12H2,1-3H3/t16-,19-,21+/m0/s1. The molecular weight excluding hydrogens is 343 g/mol. The van der Waals surface area contributed by atoms with Crippen molar-refractivity contribution in [2.45, 2.75) is 32.7 Å². The molecule has 3 atom stereocenters. The molecule has 27 heavy (non-hydrogen) atoms. The lowest BCUT2D eigenvalue weighted by molar-refractivity contribution is -0.132. The van der Waals surface area contributed by atoms with Crippen LogP contribution in [0.2, 0.25) is 0 Å². The second-order valence-corrected chi connectivity index (χ2v) is 7.90. The Labute approximate surface area is 159 Å². The number of halogens is 1. The largest absolute Gasteiger partial charge is 0.335 e. The Morgan fingerprint density at radius 1 is 1.33 bits per heavy atom. The number of hydrogen-bond donors (Lipinski definition) is 1. The molecule has 1 amide bonds. The van der Waals surface area contributed by atoms with Gasteiger partial charge >= 0.3 is 0 Å². The number of fused-ring (bicyclic) bond motifs is 1. The molecule has 0 bridgehead atoms. The van der Waals surface area contributed by atoms with Crippen molar-refractivity contribution in [1.82, 2.24) is 20.0 Å². The number of benzene rings is 1. The topological polar surface area (TPSA) is 50.2 Å². The number of nitrogens with zero attached hydrogens (tertiary/aromatic N) is 3. The fourth-order valence-corrected chi connectivity index (χ4v) is 4.85. The van der Waals surface area contributed by atoms with E-state index in [1.807, 2.05) is 36.5 Å². The lowest BCUT2D eigenvalue weighted by atomic mass is 9.89. The summed E-state index contributed by atoms with van der Waals surface area (Å²) in [4.78, 5) is 15.1. The van der Waals surface area contributed by atoms with E-state index in [1.165, 1.54) is 6.07 Å². The van der Waals surface area contributed by atoms with Gasteiger partial charge in [-0.2, -0.15) is 5.10 Å². The Hall–Kier alpha value is -2.21. The molecule has 5 nitrogen and oxygen atoms in total. The lowest BCUT2D eigenvalue weighted by Crippen LogP contribution is -2.34. The Morgan fingerprint density at radius 2 is 2.15 bits per heavy atom. The second kappa shape index (κ2) is 7.08. The Balaban J connectivity index is 1.54. The van der Waals surface area contributed by atoms with E-state index in [2.05, 4.69) is 10.4 Å².